The van der Waals surface area contributed by atoms with Crippen LogP contribution in [0.1, 0.15) is 25.0 Å². The van der Waals surface area contributed by atoms with Crippen LogP contribution in [0, 0.1) is 0 Å². The quantitative estimate of drug-likeness (QED) is 0.488. The summed E-state index contributed by atoms with van der Waals surface area (Å²) >= 11 is 0. The number of carbonyl (C=O) groups excluding carboxylic acids is 1. The number of aliphatic carboxylic acids is 1. The molecule has 3 rings (SSSR count). The van der Waals surface area contributed by atoms with Gasteiger partial charge in [-0.2, -0.15) is 10.1 Å². The van der Waals surface area contributed by atoms with E-state index in [9.17, 15) is 9.59 Å². The molecule has 2 aromatic rings. The van der Waals surface area contributed by atoms with Crippen molar-refractivity contribution >= 4 is 29.4 Å². The fraction of sp³-hybridized carbons (Fsp3) is 0.208. The van der Waals surface area contributed by atoms with Crippen molar-refractivity contribution in [1.29, 1.82) is 0 Å². The van der Waals surface area contributed by atoms with E-state index in [0.29, 0.717) is 47.1 Å². The lowest BCUT2D eigenvalue weighted by Crippen LogP contribution is -2.21. The Morgan fingerprint density at radius 2 is 1.97 bits per heavy atom. The third-order valence-electron chi connectivity index (χ3n) is 4.53. The van der Waals surface area contributed by atoms with Crippen molar-refractivity contribution in [2.24, 2.45) is 5.10 Å². The Labute approximate surface area is 180 Å². The number of carboxylic acid groups (broad SMARTS) is 1. The topological polar surface area (TPSA) is 88.4 Å². The Balaban J connectivity index is 2.01. The Kier molecular flexibility index (Phi) is 6.87. The van der Waals surface area contributed by atoms with Crippen LogP contribution in [0.3, 0.4) is 0 Å². The van der Waals surface area contributed by atoms with Gasteiger partial charge >= 0.3 is 5.97 Å². The van der Waals surface area contributed by atoms with Gasteiger partial charge in [-0.15, -0.1) is 6.58 Å². The van der Waals surface area contributed by atoms with Gasteiger partial charge in [-0.05, 0) is 56.2 Å². The molecule has 7 nitrogen and oxygen atoms in total. The van der Waals surface area contributed by atoms with E-state index in [0.717, 1.165) is 5.56 Å². The van der Waals surface area contributed by atoms with Gasteiger partial charge in [-0.3, -0.25) is 4.79 Å². The zero-order valence-corrected chi connectivity index (χ0v) is 17.5. The molecule has 0 atom stereocenters. The molecule has 0 unspecified atom stereocenters. The third kappa shape index (κ3) is 5.01. The fourth-order valence-electron chi connectivity index (χ4n) is 3.23. The van der Waals surface area contributed by atoms with Gasteiger partial charge in [0.15, 0.2) is 18.1 Å². The van der Waals surface area contributed by atoms with Crippen LogP contribution in [0.5, 0.6) is 11.5 Å². The summed E-state index contributed by atoms with van der Waals surface area (Å²) in [4.78, 5) is 24.0. The van der Waals surface area contributed by atoms with E-state index in [1.807, 2.05) is 43.3 Å². The van der Waals surface area contributed by atoms with Crippen LogP contribution in [0.25, 0.3) is 6.08 Å². The van der Waals surface area contributed by atoms with E-state index in [2.05, 4.69) is 11.7 Å². The molecule has 0 bridgehead atoms. The van der Waals surface area contributed by atoms with Crippen molar-refractivity contribution in [3.63, 3.8) is 0 Å². The predicted octanol–water partition coefficient (Wildman–Crippen LogP) is 4.08. The van der Waals surface area contributed by atoms with Gasteiger partial charge in [0.25, 0.3) is 5.91 Å². The van der Waals surface area contributed by atoms with E-state index < -0.39 is 12.6 Å². The van der Waals surface area contributed by atoms with E-state index in [-0.39, 0.29) is 5.91 Å². The van der Waals surface area contributed by atoms with Gasteiger partial charge < -0.3 is 14.6 Å². The number of nitrogens with zero attached hydrogens (tertiary/aromatic N) is 2. The standard InChI is InChI=1S/C24H24N2O5/c1-4-9-18-12-17(14-21(30-5-2)23(18)31-15-22(27)28)13-20-16(3)25-26(24(20)29)19-10-7-6-8-11-19/h4,6-8,10-14H,1,5,9,15H2,2-3H3,(H,27,28)/b20-13+. The first-order valence-electron chi connectivity index (χ1n) is 9.86. The van der Waals surface area contributed by atoms with Crippen LogP contribution in [0.2, 0.25) is 0 Å². The van der Waals surface area contributed by atoms with E-state index >= 15 is 0 Å². The minimum atomic E-state index is -1.08. The summed E-state index contributed by atoms with van der Waals surface area (Å²) < 4.78 is 11.2. The lowest BCUT2D eigenvalue weighted by atomic mass is 10.0. The number of carboxylic acids is 1. The molecule has 0 radical (unpaired) electrons. The molecule has 1 N–H and O–H groups in total. The van der Waals surface area contributed by atoms with Crippen LogP contribution < -0.4 is 14.5 Å². The van der Waals surface area contributed by atoms with E-state index in [1.54, 1.807) is 25.1 Å². The molecule has 1 amide bonds. The summed E-state index contributed by atoms with van der Waals surface area (Å²) in [5, 5.41) is 14.8. The van der Waals surface area contributed by atoms with Gasteiger partial charge in [0.1, 0.15) is 0 Å². The lowest BCUT2D eigenvalue weighted by molar-refractivity contribution is -0.139. The molecule has 0 spiro atoms. The summed E-state index contributed by atoms with van der Waals surface area (Å²) in [5.41, 5.74) is 3.19. The maximum Gasteiger partial charge on any atom is 0.341 e. The molecule has 1 heterocycles. The normalized spacial score (nSPS) is 14.5. The van der Waals surface area contributed by atoms with Crippen LogP contribution >= 0.6 is 0 Å². The summed E-state index contributed by atoms with van der Waals surface area (Å²) in [7, 11) is 0. The van der Waals surface area contributed by atoms with Gasteiger partial charge in [-0.25, -0.2) is 4.79 Å². The van der Waals surface area contributed by atoms with Crippen LogP contribution in [-0.2, 0) is 16.0 Å². The Morgan fingerprint density at radius 3 is 2.61 bits per heavy atom. The first-order chi connectivity index (χ1) is 14.9. The van der Waals surface area contributed by atoms with Gasteiger partial charge in [-0.1, -0.05) is 24.3 Å². The smallest absolute Gasteiger partial charge is 0.341 e. The number of allylic oxidation sites excluding steroid dienone is 1. The van der Waals surface area contributed by atoms with Crippen LogP contribution in [0.15, 0.2) is 65.8 Å². The summed E-state index contributed by atoms with van der Waals surface area (Å²) in [6.07, 6.45) is 3.89. The molecule has 0 saturated heterocycles. The second-order valence-electron chi connectivity index (χ2n) is 6.81. The van der Waals surface area contributed by atoms with E-state index in [4.69, 9.17) is 14.6 Å². The number of hydrogen-bond acceptors (Lipinski definition) is 5. The molecule has 0 aromatic heterocycles. The Bertz CT molecular complexity index is 1060. The molecule has 31 heavy (non-hydrogen) atoms. The second-order valence-corrected chi connectivity index (χ2v) is 6.81. The largest absolute Gasteiger partial charge is 0.490 e. The minimum Gasteiger partial charge on any atom is -0.490 e. The molecule has 1 aliphatic rings. The molecular weight excluding hydrogens is 396 g/mol. The number of hydrazone groups is 1. The number of anilines is 1. The molecule has 0 saturated carbocycles. The zero-order valence-electron chi connectivity index (χ0n) is 17.5. The zero-order chi connectivity index (χ0) is 22.4. The minimum absolute atomic E-state index is 0.224. The molecule has 0 aliphatic carbocycles. The van der Waals surface area contributed by atoms with Crippen molar-refractivity contribution in [3.05, 3.63) is 71.8 Å². The van der Waals surface area contributed by atoms with Crippen molar-refractivity contribution in [3.8, 4) is 11.5 Å². The number of ether oxygens (including phenoxy) is 2. The molecule has 7 heteroatoms. The molecular formula is C24H24N2O5. The lowest BCUT2D eigenvalue weighted by Gasteiger charge is -2.16. The number of hydrogen-bond donors (Lipinski definition) is 1. The highest BCUT2D eigenvalue weighted by molar-refractivity contribution is 6.32. The van der Waals surface area contributed by atoms with Gasteiger partial charge in [0.05, 0.1) is 23.6 Å². The highest BCUT2D eigenvalue weighted by Crippen LogP contribution is 2.35. The summed E-state index contributed by atoms with van der Waals surface area (Å²) in [6, 6.07) is 12.8. The van der Waals surface area contributed by atoms with E-state index in [1.165, 1.54) is 5.01 Å². The summed E-state index contributed by atoms with van der Waals surface area (Å²) in [6.45, 7) is 7.26. The highest BCUT2D eigenvalue weighted by atomic mass is 16.5. The molecule has 160 valence electrons. The maximum atomic E-state index is 13.0. The number of carbonyl (C=O) groups is 2. The number of rotatable bonds is 9. The average molecular weight is 420 g/mol. The third-order valence-corrected chi connectivity index (χ3v) is 4.53. The Hall–Kier alpha value is -3.87. The number of para-hydroxylation sites is 1. The van der Waals surface area contributed by atoms with Crippen molar-refractivity contribution in [2.45, 2.75) is 20.3 Å². The molecule has 0 fully saturated rings. The first kappa shape index (κ1) is 21.8. The van der Waals surface area contributed by atoms with Crippen molar-refractivity contribution in [2.75, 3.05) is 18.2 Å². The number of benzene rings is 2. The molecule has 1 aliphatic heterocycles. The summed E-state index contributed by atoms with van der Waals surface area (Å²) in [5.74, 6) is -0.532. The maximum absolute atomic E-state index is 13.0. The van der Waals surface area contributed by atoms with Gasteiger partial charge in [0.2, 0.25) is 0 Å². The predicted molar refractivity (Wildman–Crippen MR) is 120 cm³/mol. The Morgan fingerprint density at radius 1 is 1.23 bits per heavy atom. The fourth-order valence-corrected chi connectivity index (χ4v) is 3.23. The van der Waals surface area contributed by atoms with Crippen LogP contribution in [0.4, 0.5) is 5.69 Å². The van der Waals surface area contributed by atoms with Crippen molar-refractivity contribution < 1.29 is 24.2 Å². The molecule has 2 aromatic carbocycles. The SMILES string of the molecule is C=CCc1cc(/C=C2/C(=O)N(c3ccccc3)N=C2C)cc(OCC)c1OCC(=O)O. The number of amides is 1. The first-order valence-corrected chi connectivity index (χ1v) is 9.86. The van der Waals surface area contributed by atoms with Crippen molar-refractivity contribution in [1.82, 2.24) is 0 Å². The monoisotopic (exact) mass is 420 g/mol. The van der Waals surface area contributed by atoms with Gasteiger partial charge in [0, 0.05) is 5.56 Å². The second kappa shape index (κ2) is 9.75. The average Bonchev–Trinajstić information content (AvgIpc) is 3.02. The highest BCUT2D eigenvalue weighted by Gasteiger charge is 2.28. The van der Waals surface area contributed by atoms with Crippen LogP contribution in [-0.4, -0.2) is 35.9 Å².